The molecule has 8 heteroatoms. The van der Waals surface area contributed by atoms with Crippen LogP contribution in [0.4, 0.5) is 4.79 Å². The first-order valence-electron chi connectivity index (χ1n) is 10.1. The topological polar surface area (TPSA) is 68.2 Å². The molecule has 0 unspecified atom stereocenters. The molecule has 0 radical (unpaired) electrons. The second-order valence-electron chi connectivity index (χ2n) is 8.50. The molecule has 1 fully saturated rings. The molecule has 0 atom stereocenters. The van der Waals surface area contributed by atoms with Crippen molar-refractivity contribution in [1.29, 1.82) is 0 Å². The number of benzene rings is 1. The van der Waals surface area contributed by atoms with Crippen LogP contribution >= 0.6 is 23.2 Å². The Kier molecular flexibility index (Phi) is 8.98. The molecule has 1 amide bonds. The summed E-state index contributed by atoms with van der Waals surface area (Å²) in [5.41, 5.74) is 0.938. The molecular formula is C22H30Cl2N2O4. The van der Waals surface area contributed by atoms with Gasteiger partial charge in [0.2, 0.25) is 0 Å². The molecular weight excluding hydrogens is 427 g/mol. The van der Waals surface area contributed by atoms with Gasteiger partial charge in [0.15, 0.2) is 0 Å². The van der Waals surface area contributed by atoms with Gasteiger partial charge in [-0.15, -0.1) is 0 Å². The number of hydrogen-bond donors (Lipinski definition) is 0. The van der Waals surface area contributed by atoms with Crippen molar-refractivity contribution < 1.29 is 19.2 Å². The highest BCUT2D eigenvalue weighted by Crippen LogP contribution is 2.25. The Labute approximate surface area is 188 Å². The van der Waals surface area contributed by atoms with E-state index in [1.807, 2.05) is 26.8 Å². The Morgan fingerprint density at radius 2 is 1.80 bits per heavy atom. The maximum atomic E-state index is 12.5. The van der Waals surface area contributed by atoms with Gasteiger partial charge in [0.1, 0.15) is 18.5 Å². The zero-order valence-corrected chi connectivity index (χ0v) is 19.6. The minimum absolute atomic E-state index is 0.176. The van der Waals surface area contributed by atoms with Crippen LogP contribution in [0.15, 0.2) is 23.4 Å². The van der Waals surface area contributed by atoms with Crippen LogP contribution in [0.1, 0.15) is 58.4 Å². The van der Waals surface area contributed by atoms with Crippen LogP contribution in [0.5, 0.6) is 0 Å². The fourth-order valence-corrected chi connectivity index (χ4v) is 3.65. The first-order valence-corrected chi connectivity index (χ1v) is 10.9. The normalized spacial score (nSPS) is 15.8. The lowest BCUT2D eigenvalue weighted by Gasteiger charge is -2.33. The van der Waals surface area contributed by atoms with E-state index in [-0.39, 0.29) is 17.8 Å². The summed E-state index contributed by atoms with van der Waals surface area (Å²) in [7, 11) is 1.47. The largest absolute Gasteiger partial charge is 0.444 e. The first-order chi connectivity index (χ1) is 14.1. The van der Waals surface area contributed by atoms with Crippen molar-refractivity contribution in [1.82, 2.24) is 4.90 Å². The van der Waals surface area contributed by atoms with Crippen LogP contribution in [0.25, 0.3) is 0 Å². The summed E-state index contributed by atoms with van der Waals surface area (Å²) < 4.78 is 5.42. The van der Waals surface area contributed by atoms with Crippen molar-refractivity contribution in [2.45, 2.75) is 58.5 Å². The third-order valence-electron chi connectivity index (χ3n) is 4.88. The van der Waals surface area contributed by atoms with E-state index in [4.69, 9.17) is 32.8 Å². The molecule has 1 saturated heterocycles. The third-order valence-corrected chi connectivity index (χ3v) is 5.62. The number of nitrogens with zero attached hydrogens (tertiary/aromatic N) is 2. The number of hydrogen-bond acceptors (Lipinski definition) is 5. The number of likely N-dealkylation sites (tertiary alicyclic amines) is 1. The van der Waals surface area contributed by atoms with Crippen molar-refractivity contribution >= 4 is 40.8 Å². The molecule has 1 aromatic carbocycles. The first kappa shape index (κ1) is 24.5. The van der Waals surface area contributed by atoms with Crippen LogP contribution in [0.3, 0.4) is 0 Å². The monoisotopic (exact) mass is 456 g/mol. The number of Topliss-reactive ketones (excluding diaryl/α,β-unsaturated/α-hetero) is 1. The third kappa shape index (κ3) is 7.80. The average molecular weight is 457 g/mol. The van der Waals surface area contributed by atoms with Gasteiger partial charge in [-0.25, -0.2) is 4.79 Å². The number of amides is 1. The van der Waals surface area contributed by atoms with Gasteiger partial charge in [-0.2, -0.15) is 0 Å². The molecule has 0 aliphatic carbocycles. The molecule has 0 spiro atoms. The Balaban J connectivity index is 1.82. The van der Waals surface area contributed by atoms with Crippen molar-refractivity contribution in [2.75, 3.05) is 20.2 Å². The van der Waals surface area contributed by atoms with E-state index in [2.05, 4.69) is 5.16 Å². The molecule has 1 heterocycles. The van der Waals surface area contributed by atoms with E-state index < -0.39 is 5.60 Å². The van der Waals surface area contributed by atoms with Gasteiger partial charge in [-0.1, -0.05) is 34.4 Å². The van der Waals surface area contributed by atoms with Gasteiger partial charge in [0.05, 0.1) is 15.8 Å². The molecule has 2 rings (SSSR count). The van der Waals surface area contributed by atoms with E-state index in [0.29, 0.717) is 48.1 Å². The van der Waals surface area contributed by atoms with Crippen molar-refractivity contribution in [3.63, 3.8) is 0 Å². The molecule has 1 aliphatic heterocycles. The zero-order valence-electron chi connectivity index (χ0n) is 18.0. The highest BCUT2D eigenvalue weighted by molar-refractivity contribution is 6.42. The number of ketones is 1. The Hall–Kier alpha value is -1.79. The average Bonchev–Trinajstić information content (AvgIpc) is 2.66. The summed E-state index contributed by atoms with van der Waals surface area (Å²) in [5, 5.41) is 4.94. The number of ether oxygens (including phenoxy) is 1. The van der Waals surface area contributed by atoms with Crippen LogP contribution in [-0.2, 0) is 14.4 Å². The lowest BCUT2D eigenvalue weighted by atomic mass is 9.90. The number of piperidine rings is 1. The van der Waals surface area contributed by atoms with E-state index in [0.717, 1.165) is 18.4 Å². The number of carbonyl (C=O) groups excluding carboxylic acids is 2. The fraction of sp³-hybridized carbons (Fsp3) is 0.591. The lowest BCUT2D eigenvalue weighted by molar-refractivity contribution is -0.120. The smallest absolute Gasteiger partial charge is 0.410 e. The molecule has 166 valence electrons. The van der Waals surface area contributed by atoms with Crippen LogP contribution in [-0.4, -0.2) is 48.3 Å². The summed E-state index contributed by atoms with van der Waals surface area (Å²) in [6, 6.07) is 5.23. The molecule has 0 aromatic heterocycles. The summed E-state index contributed by atoms with van der Waals surface area (Å²) in [5.74, 6) is 0.457. The fourth-order valence-electron chi connectivity index (χ4n) is 3.36. The number of oxime groups is 1. The molecule has 0 saturated carbocycles. The quantitative estimate of drug-likeness (QED) is 0.387. The van der Waals surface area contributed by atoms with Crippen LogP contribution in [0.2, 0.25) is 10.0 Å². The van der Waals surface area contributed by atoms with Crippen LogP contribution < -0.4 is 0 Å². The lowest BCUT2D eigenvalue weighted by Crippen LogP contribution is -2.42. The maximum absolute atomic E-state index is 12.5. The zero-order chi connectivity index (χ0) is 22.3. The molecule has 0 N–H and O–H groups in total. The summed E-state index contributed by atoms with van der Waals surface area (Å²) >= 11 is 12.1. The summed E-state index contributed by atoms with van der Waals surface area (Å²) in [4.78, 5) is 31.3. The molecule has 0 bridgehead atoms. The number of halogens is 2. The minimum Gasteiger partial charge on any atom is -0.444 e. The van der Waals surface area contributed by atoms with E-state index in [1.54, 1.807) is 17.0 Å². The Morgan fingerprint density at radius 1 is 1.13 bits per heavy atom. The van der Waals surface area contributed by atoms with Crippen molar-refractivity contribution in [3.8, 4) is 0 Å². The number of carbonyl (C=O) groups is 2. The molecule has 1 aromatic rings. The summed E-state index contributed by atoms with van der Waals surface area (Å²) in [6.45, 7) is 6.80. The minimum atomic E-state index is -0.500. The van der Waals surface area contributed by atoms with Gasteiger partial charge in [0.25, 0.3) is 0 Å². The molecule has 30 heavy (non-hydrogen) atoms. The second kappa shape index (κ2) is 11.0. The standard InChI is InChI=1S/C22H30Cl2N2O4/c1-22(2,3)30-21(28)26-11-9-15(10-12-26)13-17(27)6-8-20(25-29-4)16-5-7-18(23)19(24)14-16/h5,7,14-15H,6,8-13H2,1-4H3/b25-20+. The highest BCUT2D eigenvalue weighted by atomic mass is 35.5. The van der Waals surface area contributed by atoms with E-state index in [1.165, 1.54) is 7.11 Å². The van der Waals surface area contributed by atoms with E-state index in [9.17, 15) is 9.59 Å². The molecule has 1 aliphatic rings. The van der Waals surface area contributed by atoms with Gasteiger partial charge in [-0.3, -0.25) is 4.79 Å². The van der Waals surface area contributed by atoms with Gasteiger partial charge < -0.3 is 14.5 Å². The van der Waals surface area contributed by atoms with Crippen molar-refractivity contribution in [2.24, 2.45) is 11.1 Å². The predicted octanol–water partition coefficient (Wildman–Crippen LogP) is 5.73. The van der Waals surface area contributed by atoms with Gasteiger partial charge >= 0.3 is 6.09 Å². The SMILES string of the molecule is CO/N=C(\CCC(=O)CC1CCN(C(=O)OC(C)(C)C)CC1)c1ccc(Cl)c(Cl)c1. The number of rotatable bonds is 7. The Bertz CT molecular complexity index is 782. The summed E-state index contributed by atoms with van der Waals surface area (Å²) in [6.07, 6.45) is 2.65. The van der Waals surface area contributed by atoms with Gasteiger partial charge in [-0.05, 0) is 51.7 Å². The van der Waals surface area contributed by atoms with Crippen LogP contribution in [0, 0.1) is 5.92 Å². The maximum Gasteiger partial charge on any atom is 0.410 e. The highest BCUT2D eigenvalue weighted by Gasteiger charge is 2.27. The predicted molar refractivity (Wildman–Crippen MR) is 119 cm³/mol. The van der Waals surface area contributed by atoms with Crippen molar-refractivity contribution in [3.05, 3.63) is 33.8 Å². The van der Waals surface area contributed by atoms with Gasteiger partial charge in [0, 0.05) is 37.9 Å². The second-order valence-corrected chi connectivity index (χ2v) is 9.32. The molecule has 6 nitrogen and oxygen atoms in total. The van der Waals surface area contributed by atoms with E-state index >= 15 is 0 Å². The Morgan fingerprint density at radius 3 is 2.37 bits per heavy atom.